The molecule has 0 aromatic heterocycles. The van der Waals surface area contributed by atoms with Gasteiger partial charge in [0.15, 0.2) is 0 Å². The van der Waals surface area contributed by atoms with E-state index in [0.717, 1.165) is 65.6 Å². The zero-order chi connectivity index (χ0) is 26.2. The van der Waals surface area contributed by atoms with Crippen molar-refractivity contribution in [3.63, 3.8) is 0 Å². The molecule has 3 aromatic carbocycles. The van der Waals surface area contributed by atoms with Crippen LogP contribution in [0.3, 0.4) is 0 Å². The monoisotopic (exact) mass is 511 g/mol. The molecule has 1 saturated heterocycles. The first-order chi connectivity index (χ1) is 18.5. The van der Waals surface area contributed by atoms with Gasteiger partial charge in [-0.3, -0.25) is 4.90 Å². The van der Waals surface area contributed by atoms with Crippen LogP contribution in [0.1, 0.15) is 62.3 Å². The zero-order valence-electron chi connectivity index (χ0n) is 22.3. The minimum Gasteiger partial charge on any atom is -0.508 e. The molecular formula is C33H37NO4. The summed E-state index contributed by atoms with van der Waals surface area (Å²) >= 11 is 0. The first-order valence-electron chi connectivity index (χ1n) is 14.0. The minimum absolute atomic E-state index is 0.230. The van der Waals surface area contributed by atoms with E-state index in [2.05, 4.69) is 30.9 Å². The summed E-state index contributed by atoms with van der Waals surface area (Å²) in [6, 6.07) is 21.4. The summed E-state index contributed by atoms with van der Waals surface area (Å²) in [4.78, 5) is 2.51. The van der Waals surface area contributed by atoms with Crippen molar-refractivity contribution in [2.45, 2.75) is 51.7 Å². The Balaban J connectivity index is 1.33. The van der Waals surface area contributed by atoms with Gasteiger partial charge in [-0.25, -0.2) is 0 Å². The van der Waals surface area contributed by atoms with E-state index >= 15 is 0 Å². The van der Waals surface area contributed by atoms with Crippen LogP contribution in [0.15, 0.2) is 66.7 Å². The van der Waals surface area contributed by atoms with Crippen molar-refractivity contribution in [2.75, 3.05) is 19.7 Å². The summed E-state index contributed by atoms with van der Waals surface area (Å²) in [5.41, 5.74) is 5.22. The van der Waals surface area contributed by atoms with Gasteiger partial charge in [-0.15, -0.1) is 0 Å². The Morgan fingerprint density at radius 2 is 1.74 bits per heavy atom. The fourth-order valence-electron chi connectivity index (χ4n) is 6.09. The fourth-order valence-corrected chi connectivity index (χ4v) is 6.09. The van der Waals surface area contributed by atoms with Crippen molar-refractivity contribution in [1.82, 2.24) is 4.90 Å². The van der Waals surface area contributed by atoms with Crippen LogP contribution in [0.25, 0.3) is 11.1 Å². The van der Waals surface area contributed by atoms with Gasteiger partial charge in [0.05, 0.1) is 0 Å². The summed E-state index contributed by atoms with van der Waals surface area (Å²) in [6.07, 6.45) is 4.35. The van der Waals surface area contributed by atoms with Gasteiger partial charge in [0.2, 0.25) is 0 Å². The first kappa shape index (κ1) is 24.9. The molecule has 2 heterocycles. The van der Waals surface area contributed by atoms with Gasteiger partial charge >= 0.3 is 0 Å². The van der Waals surface area contributed by atoms with E-state index in [1.807, 2.05) is 42.5 Å². The number of fused-ring (bicyclic) bond motifs is 1. The number of ether oxygens (including phenoxy) is 2. The molecule has 0 radical (unpaired) electrons. The molecule has 0 amide bonds. The molecule has 2 aliphatic heterocycles. The maximum Gasteiger partial charge on any atom is 0.150 e. The Hall–Kier alpha value is -3.44. The highest BCUT2D eigenvalue weighted by atomic mass is 16.5. The van der Waals surface area contributed by atoms with Crippen molar-refractivity contribution in [1.29, 1.82) is 0 Å². The predicted molar refractivity (Wildman–Crippen MR) is 150 cm³/mol. The third-order valence-electron chi connectivity index (χ3n) is 8.47. The average Bonchev–Trinajstić information content (AvgIpc) is 3.33. The van der Waals surface area contributed by atoms with Gasteiger partial charge in [0.25, 0.3) is 0 Å². The minimum atomic E-state index is -0.330. The summed E-state index contributed by atoms with van der Waals surface area (Å²) in [6.45, 7) is 7.53. The smallest absolute Gasteiger partial charge is 0.150 e. The number of benzene rings is 3. The quantitative estimate of drug-likeness (QED) is 0.356. The maximum absolute atomic E-state index is 10.3. The first-order valence-corrected chi connectivity index (χ1v) is 14.0. The highest BCUT2D eigenvalue weighted by Crippen LogP contribution is 2.54. The van der Waals surface area contributed by atoms with Crippen molar-refractivity contribution in [3.8, 4) is 23.0 Å². The molecular weight excluding hydrogens is 474 g/mol. The van der Waals surface area contributed by atoms with Gasteiger partial charge in [-0.1, -0.05) is 37.6 Å². The molecule has 38 heavy (non-hydrogen) atoms. The van der Waals surface area contributed by atoms with E-state index in [9.17, 15) is 10.2 Å². The molecule has 3 aromatic rings. The van der Waals surface area contributed by atoms with E-state index < -0.39 is 0 Å². The summed E-state index contributed by atoms with van der Waals surface area (Å²) < 4.78 is 12.8. The molecule has 0 spiro atoms. The molecule has 3 aliphatic rings. The second-order valence-electron chi connectivity index (χ2n) is 11.3. The van der Waals surface area contributed by atoms with Gasteiger partial charge in [0, 0.05) is 23.7 Å². The Labute approximate surface area is 225 Å². The lowest BCUT2D eigenvalue weighted by molar-refractivity contribution is 0.169. The number of likely N-dealkylation sites (tertiary alicyclic amines) is 1. The lowest BCUT2D eigenvalue weighted by Crippen LogP contribution is -2.35. The van der Waals surface area contributed by atoms with E-state index in [0.29, 0.717) is 18.6 Å². The number of aromatic hydroxyl groups is 2. The number of hydrogen-bond acceptors (Lipinski definition) is 5. The van der Waals surface area contributed by atoms with Gasteiger partial charge in [-0.05, 0) is 104 Å². The summed E-state index contributed by atoms with van der Waals surface area (Å²) in [5.74, 6) is 3.27. The molecule has 2 fully saturated rings. The lowest BCUT2D eigenvalue weighted by Gasteiger charge is -2.38. The van der Waals surface area contributed by atoms with Crippen LogP contribution >= 0.6 is 0 Å². The lowest BCUT2D eigenvalue weighted by atomic mass is 9.71. The predicted octanol–water partition coefficient (Wildman–Crippen LogP) is 7.05. The SMILES string of the molecule is CC1CCN(C(C)COc2ccc(C3Oc4ccc(O)cc4C(C4CCC4)=C3c3cccc(O)c3)cc2)C1. The molecule has 3 atom stereocenters. The maximum atomic E-state index is 10.3. The largest absolute Gasteiger partial charge is 0.508 e. The van der Waals surface area contributed by atoms with E-state index in [1.165, 1.54) is 18.4 Å². The normalized spacial score (nSPS) is 22.5. The van der Waals surface area contributed by atoms with Crippen LogP contribution in [-0.2, 0) is 0 Å². The number of hydrogen-bond donors (Lipinski definition) is 2. The molecule has 5 nitrogen and oxygen atoms in total. The summed E-state index contributed by atoms with van der Waals surface area (Å²) in [7, 11) is 0. The van der Waals surface area contributed by atoms with Crippen LogP contribution in [0.4, 0.5) is 0 Å². The van der Waals surface area contributed by atoms with Gasteiger partial charge in [-0.2, -0.15) is 0 Å². The van der Waals surface area contributed by atoms with Crippen molar-refractivity contribution >= 4 is 11.1 Å². The Morgan fingerprint density at radius 1 is 0.947 bits per heavy atom. The molecule has 0 bridgehead atoms. The molecule has 5 heteroatoms. The number of phenolic OH excluding ortho intramolecular Hbond substituents is 2. The van der Waals surface area contributed by atoms with Gasteiger partial charge < -0.3 is 19.7 Å². The van der Waals surface area contributed by atoms with Crippen molar-refractivity contribution < 1.29 is 19.7 Å². The van der Waals surface area contributed by atoms with Crippen LogP contribution in [0.5, 0.6) is 23.0 Å². The highest BCUT2D eigenvalue weighted by Gasteiger charge is 2.36. The second kappa shape index (κ2) is 10.4. The topological polar surface area (TPSA) is 62.2 Å². The molecule has 1 aliphatic carbocycles. The van der Waals surface area contributed by atoms with Crippen molar-refractivity contribution in [2.24, 2.45) is 11.8 Å². The third-order valence-corrected chi connectivity index (χ3v) is 8.47. The molecule has 1 saturated carbocycles. The number of rotatable bonds is 7. The zero-order valence-corrected chi connectivity index (χ0v) is 22.3. The molecule has 6 rings (SSSR count). The number of allylic oxidation sites excluding steroid dienone is 1. The summed E-state index contributed by atoms with van der Waals surface area (Å²) in [5, 5.41) is 20.7. The third kappa shape index (κ3) is 4.88. The van der Waals surface area contributed by atoms with E-state index in [4.69, 9.17) is 9.47 Å². The fraction of sp³-hybridized carbons (Fsp3) is 0.394. The van der Waals surface area contributed by atoms with Crippen molar-refractivity contribution in [3.05, 3.63) is 83.4 Å². The van der Waals surface area contributed by atoms with E-state index in [-0.39, 0.29) is 17.6 Å². The molecule has 3 unspecified atom stereocenters. The Bertz CT molecular complexity index is 1330. The van der Waals surface area contributed by atoms with E-state index in [1.54, 1.807) is 12.1 Å². The van der Waals surface area contributed by atoms with Crippen LogP contribution in [0, 0.1) is 11.8 Å². The van der Waals surface area contributed by atoms with Crippen LogP contribution in [0.2, 0.25) is 0 Å². The average molecular weight is 512 g/mol. The van der Waals surface area contributed by atoms with Crippen LogP contribution in [-0.4, -0.2) is 40.9 Å². The highest BCUT2D eigenvalue weighted by molar-refractivity contribution is 5.97. The molecule has 2 N–H and O–H groups in total. The van der Waals surface area contributed by atoms with Gasteiger partial charge in [0.1, 0.15) is 35.7 Å². The number of phenols is 2. The van der Waals surface area contributed by atoms with Crippen LogP contribution < -0.4 is 9.47 Å². The number of nitrogens with zero attached hydrogens (tertiary/aromatic N) is 1. The Morgan fingerprint density at radius 3 is 2.42 bits per heavy atom. The second-order valence-corrected chi connectivity index (χ2v) is 11.3. The Kier molecular flexibility index (Phi) is 6.79. The standard InChI is InChI=1S/C33H37NO4/c1-21-15-16-34(19-21)22(2)20-37-28-12-9-24(10-13-28)33-32(25-7-4-8-26(35)17-25)31(23-5-3-6-23)29-18-27(36)11-14-30(29)38-33/h4,7-14,17-18,21-23,33,35-36H,3,5-6,15-16,19-20H2,1-2H3. The molecule has 198 valence electrons.